The van der Waals surface area contributed by atoms with E-state index in [1.54, 1.807) is 0 Å². The van der Waals surface area contributed by atoms with Crippen LogP contribution in [-0.4, -0.2) is 42.8 Å². The van der Waals surface area contributed by atoms with Crippen LogP contribution in [0.15, 0.2) is 30.3 Å². The van der Waals surface area contributed by atoms with Gasteiger partial charge < -0.3 is 10.4 Å². The molecule has 2 N–H and O–H groups in total. The standard InChI is InChI=1S/C15H22N2O/c18-7-6-17(10-12-4-2-1-3-5-12)11-15-13-8-16-9-14(13)15/h1-5,13-16,18H,6-11H2. The largest absolute Gasteiger partial charge is 0.395 e. The van der Waals surface area contributed by atoms with Crippen molar-refractivity contribution in [2.24, 2.45) is 17.8 Å². The van der Waals surface area contributed by atoms with Crippen molar-refractivity contribution >= 4 is 0 Å². The minimum absolute atomic E-state index is 0.257. The summed E-state index contributed by atoms with van der Waals surface area (Å²) in [7, 11) is 0. The molecule has 1 heterocycles. The van der Waals surface area contributed by atoms with E-state index >= 15 is 0 Å². The maximum atomic E-state index is 9.20. The molecule has 2 unspecified atom stereocenters. The van der Waals surface area contributed by atoms with Crippen LogP contribution in [0.3, 0.4) is 0 Å². The number of hydrogen-bond donors (Lipinski definition) is 2. The monoisotopic (exact) mass is 246 g/mol. The van der Waals surface area contributed by atoms with Crippen LogP contribution >= 0.6 is 0 Å². The molecule has 2 atom stereocenters. The van der Waals surface area contributed by atoms with Crippen LogP contribution in [0.25, 0.3) is 0 Å². The van der Waals surface area contributed by atoms with Gasteiger partial charge in [-0.25, -0.2) is 0 Å². The second-order valence-corrected chi connectivity index (χ2v) is 5.59. The molecular formula is C15H22N2O. The lowest BCUT2D eigenvalue weighted by Gasteiger charge is -2.22. The zero-order chi connectivity index (χ0) is 12.4. The Kier molecular flexibility index (Phi) is 3.64. The Morgan fingerprint density at radius 3 is 2.56 bits per heavy atom. The number of benzene rings is 1. The number of rotatable bonds is 6. The van der Waals surface area contributed by atoms with E-state index in [4.69, 9.17) is 0 Å². The molecule has 3 heteroatoms. The first-order chi connectivity index (χ1) is 8.88. The van der Waals surface area contributed by atoms with Gasteiger partial charge in [0.1, 0.15) is 0 Å². The fourth-order valence-corrected chi connectivity index (χ4v) is 3.33. The molecule has 1 aromatic rings. The van der Waals surface area contributed by atoms with Gasteiger partial charge in [-0.2, -0.15) is 0 Å². The van der Waals surface area contributed by atoms with Crippen molar-refractivity contribution in [3.05, 3.63) is 35.9 Å². The Bertz CT molecular complexity index is 371. The summed E-state index contributed by atoms with van der Waals surface area (Å²) in [6.07, 6.45) is 0. The average Bonchev–Trinajstić information content (AvgIpc) is 2.84. The molecule has 1 saturated carbocycles. The topological polar surface area (TPSA) is 35.5 Å². The molecule has 1 aromatic carbocycles. The van der Waals surface area contributed by atoms with Gasteiger partial charge in [-0.15, -0.1) is 0 Å². The summed E-state index contributed by atoms with van der Waals surface area (Å²) < 4.78 is 0. The highest BCUT2D eigenvalue weighted by Crippen LogP contribution is 2.48. The molecule has 0 radical (unpaired) electrons. The van der Waals surface area contributed by atoms with Gasteiger partial charge in [0.25, 0.3) is 0 Å². The summed E-state index contributed by atoms with van der Waals surface area (Å²) in [5, 5.41) is 12.6. The molecule has 18 heavy (non-hydrogen) atoms. The zero-order valence-corrected chi connectivity index (χ0v) is 10.8. The second kappa shape index (κ2) is 5.39. The Morgan fingerprint density at radius 1 is 1.17 bits per heavy atom. The molecule has 3 nitrogen and oxygen atoms in total. The summed E-state index contributed by atoms with van der Waals surface area (Å²) >= 11 is 0. The van der Waals surface area contributed by atoms with Gasteiger partial charge in [-0.05, 0) is 36.4 Å². The first-order valence-electron chi connectivity index (χ1n) is 6.96. The molecule has 1 aliphatic heterocycles. The van der Waals surface area contributed by atoms with Crippen molar-refractivity contribution in [3.8, 4) is 0 Å². The molecule has 0 bridgehead atoms. The lowest BCUT2D eigenvalue weighted by atomic mass is 10.2. The van der Waals surface area contributed by atoms with Crippen LogP contribution in [0.1, 0.15) is 5.56 Å². The third kappa shape index (κ3) is 2.58. The number of piperidine rings is 1. The number of nitrogens with zero attached hydrogens (tertiary/aromatic N) is 1. The number of aliphatic hydroxyl groups excluding tert-OH is 1. The van der Waals surface area contributed by atoms with Crippen LogP contribution in [0.5, 0.6) is 0 Å². The van der Waals surface area contributed by atoms with Crippen LogP contribution in [0.2, 0.25) is 0 Å². The highest BCUT2D eigenvalue weighted by atomic mass is 16.3. The lowest BCUT2D eigenvalue weighted by Crippen LogP contribution is -2.31. The predicted octanol–water partition coefficient (Wildman–Crippen LogP) is 0.946. The first-order valence-corrected chi connectivity index (χ1v) is 6.96. The van der Waals surface area contributed by atoms with E-state index in [1.165, 1.54) is 18.7 Å². The summed E-state index contributed by atoms with van der Waals surface area (Å²) in [4.78, 5) is 2.40. The zero-order valence-electron chi connectivity index (χ0n) is 10.8. The van der Waals surface area contributed by atoms with Gasteiger partial charge in [-0.3, -0.25) is 4.90 Å². The van der Waals surface area contributed by atoms with Gasteiger partial charge in [0, 0.05) is 19.6 Å². The Hall–Kier alpha value is -0.900. The smallest absolute Gasteiger partial charge is 0.0558 e. The van der Waals surface area contributed by atoms with Crippen molar-refractivity contribution in [3.63, 3.8) is 0 Å². The normalized spacial score (nSPS) is 29.6. The predicted molar refractivity (Wildman–Crippen MR) is 72.1 cm³/mol. The highest BCUT2D eigenvalue weighted by Gasteiger charge is 2.52. The van der Waals surface area contributed by atoms with E-state index in [1.807, 2.05) is 0 Å². The number of hydrogen-bond acceptors (Lipinski definition) is 3. The fourth-order valence-electron chi connectivity index (χ4n) is 3.33. The lowest BCUT2D eigenvalue weighted by molar-refractivity contribution is 0.179. The molecule has 2 fully saturated rings. The van der Waals surface area contributed by atoms with Crippen molar-refractivity contribution in [2.75, 3.05) is 32.8 Å². The Labute approximate surface area is 109 Å². The van der Waals surface area contributed by atoms with Gasteiger partial charge in [0.15, 0.2) is 0 Å². The van der Waals surface area contributed by atoms with Gasteiger partial charge in [0.05, 0.1) is 6.61 Å². The molecule has 0 amide bonds. The fraction of sp³-hybridized carbons (Fsp3) is 0.600. The molecule has 0 aromatic heterocycles. The summed E-state index contributed by atoms with van der Waals surface area (Å²) in [6.45, 7) is 5.56. The quantitative estimate of drug-likeness (QED) is 0.784. The van der Waals surface area contributed by atoms with E-state index in [-0.39, 0.29) is 6.61 Å². The molecule has 3 rings (SSSR count). The molecule has 1 aliphatic carbocycles. The third-order valence-electron chi connectivity index (χ3n) is 4.40. The van der Waals surface area contributed by atoms with Crippen molar-refractivity contribution < 1.29 is 5.11 Å². The molecule has 0 spiro atoms. The number of nitrogens with one attached hydrogen (secondary N) is 1. The van der Waals surface area contributed by atoms with Crippen LogP contribution < -0.4 is 5.32 Å². The van der Waals surface area contributed by atoms with Crippen LogP contribution in [0.4, 0.5) is 0 Å². The van der Waals surface area contributed by atoms with E-state index in [0.717, 1.165) is 37.4 Å². The first kappa shape index (κ1) is 12.2. The molecule has 2 aliphatic rings. The van der Waals surface area contributed by atoms with E-state index in [2.05, 4.69) is 40.5 Å². The SMILES string of the molecule is OCCN(Cc1ccccc1)CC1C2CNCC21. The Morgan fingerprint density at radius 2 is 1.89 bits per heavy atom. The Balaban J connectivity index is 1.55. The summed E-state index contributed by atoms with van der Waals surface area (Å²) in [6, 6.07) is 10.6. The van der Waals surface area contributed by atoms with Crippen LogP contribution in [-0.2, 0) is 6.54 Å². The van der Waals surface area contributed by atoms with E-state index < -0.39 is 0 Å². The van der Waals surface area contributed by atoms with Gasteiger partial charge in [0.2, 0.25) is 0 Å². The third-order valence-corrected chi connectivity index (χ3v) is 4.40. The van der Waals surface area contributed by atoms with E-state index in [9.17, 15) is 5.11 Å². The number of aliphatic hydroxyl groups is 1. The van der Waals surface area contributed by atoms with Gasteiger partial charge in [-0.1, -0.05) is 30.3 Å². The van der Waals surface area contributed by atoms with Crippen LogP contribution in [0, 0.1) is 17.8 Å². The van der Waals surface area contributed by atoms with E-state index in [0.29, 0.717) is 0 Å². The van der Waals surface area contributed by atoms with Crippen molar-refractivity contribution in [1.82, 2.24) is 10.2 Å². The maximum Gasteiger partial charge on any atom is 0.0558 e. The number of fused-ring (bicyclic) bond motifs is 1. The molecule has 98 valence electrons. The summed E-state index contributed by atoms with van der Waals surface area (Å²) in [5.41, 5.74) is 1.34. The molecular weight excluding hydrogens is 224 g/mol. The van der Waals surface area contributed by atoms with Gasteiger partial charge >= 0.3 is 0 Å². The minimum atomic E-state index is 0.257. The minimum Gasteiger partial charge on any atom is -0.395 e. The molecule has 1 saturated heterocycles. The maximum absolute atomic E-state index is 9.20. The van der Waals surface area contributed by atoms with Crippen molar-refractivity contribution in [1.29, 1.82) is 0 Å². The summed E-state index contributed by atoms with van der Waals surface area (Å²) in [5.74, 6) is 2.67. The highest BCUT2D eigenvalue weighted by molar-refractivity contribution is 5.14. The van der Waals surface area contributed by atoms with Crippen molar-refractivity contribution in [2.45, 2.75) is 6.54 Å². The average molecular weight is 246 g/mol. The second-order valence-electron chi connectivity index (χ2n) is 5.59.